The van der Waals surface area contributed by atoms with Gasteiger partial charge in [-0.15, -0.1) is 0 Å². The van der Waals surface area contributed by atoms with Crippen LogP contribution in [0.2, 0.25) is 5.22 Å². The summed E-state index contributed by atoms with van der Waals surface area (Å²) in [6, 6.07) is 13.8. The lowest BCUT2D eigenvalue weighted by Crippen LogP contribution is -2.20. The molecule has 5 nitrogen and oxygen atoms in total. The minimum Gasteiger partial charge on any atom is -0.508 e. The summed E-state index contributed by atoms with van der Waals surface area (Å²) >= 11 is 6.21. The molecule has 4 aromatic rings. The highest BCUT2D eigenvalue weighted by Crippen LogP contribution is 2.45. The fourth-order valence-corrected chi connectivity index (χ4v) is 3.80. The molecule has 1 amide bonds. The zero-order valence-corrected chi connectivity index (χ0v) is 15.5. The Morgan fingerprint density at radius 3 is 2.33 bits per heavy atom. The van der Waals surface area contributed by atoms with E-state index < -0.39 is 6.03 Å². The molecule has 0 saturated heterocycles. The normalized spacial score (nSPS) is 11.2. The van der Waals surface area contributed by atoms with E-state index in [9.17, 15) is 9.90 Å². The number of furan rings is 1. The predicted octanol–water partition coefficient (Wildman–Crippen LogP) is 5.47. The third-order valence-corrected chi connectivity index (χ3v) is 5.11. The average molecular weight is 381 g/mol. The van der Waals surface area contributed by atoms with E-state index in [1.807, 2.05) is 31.2 Å². The molecular weight excluding hydrogens is 364 g/mol. The highest BCUT2D eigenvalue weighted by atomic mass is 35.5. The monoisotopic (exact) mass is 380 g/mol. The maximum Gasteiger partial charge on any atom is 0.323 e. The summed E-state index contributed by atoms with van der Waals surface area (Å²) in [7, 11) is 0. The summed E-state index contributed by atoms with van der Waals surface area (Å²) in [5.74, 6) is 0.764. The van der Waals surface area contributed by atoms with Crippen LogP contribution in [0.3, 0.4) is 0 Å². The summed E-state index contributed by atoms with van der Waals surface area (Å²) in [5.41, 5.74) is 10.2. The maximum atomic E-state index is 12.4. The third-order valence-electron chi connectivity index (χ3n) is 4.75. The number of carbonyl (C=O) groups excluding carboxylic acids is 1. The van der Waals surface area contributed by atoms with E-state index in [0.29, 0.717) is 17.0 Å². The summed E-state index contributed by atoms with van der Waals surface area (Å²) in [5, 5.41) is 10.8. The largest absolute Gasteiger partial charge is 0.508 e. The Hall–Kier alpha value is -3.18. The van der Waals surface area contributed by atoms with Crippen molar-refractivity contribution in [2.24, 2.45) is 5.73 Å². The van der Waals surface area contributed by atoms with E-state index in [4.69, 9.17) is 21.8 Å². The van der Waals surface area contributed by atoms with Gasteiger partial charge in [0.05, 0.1) is 11.2 Å². The second kappa shape index (κ2) is 6.21. The number of aryl methyl sites for hydroxylation is 1. The molecule has 136 valence electrons. The number of benzene rings is 2. The number of nitrogens with zero attached hydrogens (tertiary/aromatic N) is 1. The Morgan fingerprint density at radius 2 is 1.74 bits per heavy atom. The van der Waals surface area contributed by atoms with E-state index in [1.165, 1.54) is 4.57 Å². The van der Waals surface area contributed by atoms with Crippen molar-refractivity contribution in [1.29, 1.82) is 0 Å². The van der Waals surface area contributed by atoms with Crippen LogP contribution in [0.5, 0.6) is 5.75 Å². The molecular formula is C21H17ClN2O3. The van der Waals surface area contributed by atoms with Gasteiger partial charge in [-0.05, 0) is 49.2 Å². The smallest absolute Gasteiger partial charge is 0.323 e. The number of halogens is 1. The van der Waals surface area contributed by atoms with Gasteiger partial charge in [0, 0.05) is 22.1 Å². The highest BCUT2D eigenvalue weighted by molar-refractivity contribution is 6.30. The molecule has 0 aliphatic heterocycles. The molecule has 0 atom stereocenters. The molecule has 0 radical (unpaired) electrons. The lowest BCUT2D eigenvalue weighted by atomic mass is 9.97. The van der Waals surface area contributed by atoms with Crippen LogP contribution in [0.1, 0.15) is 11.3 Å². The number of phenolic OH excluding ortho intramolecular Hbond substituents is 1. The van der Waals surface area contributed by atoms with Gasteiger partial charge in [0.2, 0.25) is 0 Å². The minimum atomic E-state index is -0.595. The zero-order valence-electron chi connectivity index (χ0n) is 14.8. The Bertz CT molecular complexity index is 1190. The van der Waals surface area contributed by atoms with Crippen LogP contribution < -0.4 is 5.73 Å². The lowest BCUT2D eigenvalue weighted by molar-refractivity contribution is 0.251. The Balaban J connectivity index is 2.22. The van der Waals surface area contributed by atoms with E-state index in [1.54, 1.807) is 31.2 Å². The standard InChI is InChI=1S/C21H17ClN2O3/c1-11-17(12(2)27-20(11)22)19-18(13-7-9-14(25)10-8-13)15-5-3-4-6-16(15)24(19)21(23)26/h3-10,25H,1-2H3,(H2,23,26). The van der Waals surface area contributed by atoms with Crippen LogP contribution in [0.4, 0.5) is 4.79 Å². The van der Waals surface area contributed by atoms with Gasteiger partial charge >= 0.3 is 6.03 Å². The molecule has 2 aromatic carbocycles. The highest BCUT2D eigenvalue weighted by Gasteiger charge is 2.27. The van der Waals surface area contributed by atoms with Crippen LogP contribution in [0.25, 0.3) is 33.3 Å². The van der Waals surface area contributed by atoms with Gasteiger partial charge in [-0.1, -0.05) is 30.3 Å². The van der Waals surface area contributed by atoms with Crippen molar-refractivity contribution < 1.29 is 14.3 Å². The van der Waals surface area contributed by atoms with Gasteiger partial charge in [-0.25, -0.2) is 4.79 Å². The Labute approximate surface area is 160 Å². The number of phenols is 1. The van der Waals surface area contributed by atoms with Gasteiger partial charge in [0.1, 0.15) is 11.5 Å². The molecule has 3 N–H and O–H groups in total. The second-order valence-electron chi connectivity index (χ2n) is 6.39. The Kier molecular flexibility index (Phi) is 3.97. The molecule has 6 heteroatoms. The lowest BCUT2D eigenvalue weighted by Gasteiger charge is -2.10. The fourth-order valence-electron chi connectivity index (χ4n) is 3.59. The molecule has 2 heterocycles. The number of hydrogen-bond acceptors (Lipinski definition) is 3. The summed E-state index contributed by atoms with van der Waals surface area (Å²) in [6.07, 6.45) is 0. The van der Waals surface area contributed by atoms with Crippen molar-refractivity contribution >= 4 is 28.5 Å². The number of para-hydroxylation sites is 1. The quantitative estimate of drug-likeness (QED) is 0.483. The number of primary amides is 1. The molecule has 0 saturated carbocycles. The number of carbonyl (C=O) groups is 1. The SMILES string of the molecule is Cc1oc(Cl)c(C)c1-c1c(-c2ccc(O)cc2)c2ccccc2n1C(N)=O. The molecule has 2 aromatic heterocycles. The molecule has 0 spiro atoms. The summed E-state index contributed by atoms with van der Waals surface area (Å²) < 4.78 is 7.09. The number of nitrogens with two attached hydrogens (primary N) is 1. The van der Waals surface area contributed by atoms with Gasteiger partial charge in [0.25, 0.3) is 0 Å². The van der Waals surface area contributed by atoms with Gasteiger partial charge in [-0.2, -0.15) is 0 Å². The molecule has 0 fully saturated rings. The predicted molar refractivity (Wildman–Crippen MR) is 106 cm³/mol. The van der Waals surface area contributed by atoms with Crippen molar-refractivity contribution in [1.82, 2.24) is 4.57 Å². The summed E-state index contributed by atoms with van der Waals surface area (Å²) in [6.45, 7) is 3.65. The van der Waals surface area contributed by atoms with Crippen molar-refractivity contribution in [3.63, 3.8) is 0 Å². The van der Waals surface area contributed by atoms with Crippen LogP contribution in [-0.4, -0.2) is 15.7 Å². The first-order valence-electron chi connectivity index (χ1n) is 8.38. The number of fused-ring (bicyclic) bond motifs is 1. The molecule has 0 aliphatic rings. The van der Waals surface area contributed by atoms with Crippen molar-refractivity contribution in [3.05, 3.63) is 65.1 Å². The van der Waals surface area contributed by atoms with E-state index in [2.05, 4.69) is 0 Å². The average Bonchev–Trinajstić information content (AvgIpc) is 3.09. The molecule has 0 aliphatic carbocycles. The summed E-state index contributed by atoms with van der Waals surface area (Å²) in [4.78, 5) is 12.4. The van der Waals surface area contributed by atoms with Crippen LogP contribution in [0.15, 0.2) is 52.9 Å². The van der Waals surface area contributed by atoms with Gasteiger partial charge in [-0.3, -0.25) is 4.57 Å². The molecule has 4 rings (SSSR count). The molecule has 0 bridgehead atoms. The Morgan fingerprint density at radius 1 is 1.07 bits per heavy atom. The number of rotatable bonds is 2. The second-order valence-corrected chi connectivity index (χ2v) is 6.74. The number of aromatic hydroxyl groups is 1. The number of amides is 1. The fraction of sp³-hybridized carbons (Fsp3) is 0.0952. The molecule has 0 unspecified atom stereocenters. The zero-order chi connectivity index (χ0) is 19.3. The van der Waals surface area contributed by atoms with Crippen molar-refractivity contribution in [2.75, 3.05) is 0 Å². The van der Waals surface area contributed by atoms with Crippen LogP contribution >= 0.6 is 11.6 Å². The van der Waals surface area contributed by atoms with E-state index in [-0.39, 0.29) is 11.0 Å². The first-order chi connectivity index (χ1) is 12.9. The first-order valence-corrected chi connectivity index (χ1v) is 8.76. The van der Waals surface area contributed by atoms with Gasteiger partial charge in [0.15, 0.2) is 5.22 Å². The first kappa shape index (κ1) is 17.2. The molecule has 27 heavy (non-hydrogen) atoms. The minimum absolute atomic E-state index is 0.164. The van der Waals surface area contributed by atoms with Gasteiger partial charge < -0.3 is 15.3 Å². The number of hydrogen-bond donors (Lipinski definition) is 2. The third kappa shape index (κ3) is 2.59. The topological polar surface area (TPSA) is 81.4 Å². The maximum absolute atomic E-state index is 12.4. The van der Waals surface area contributed by atoms with Crippen molar-refractivity contribution in [3.8, 4) is 28.1 Å². The van der Waals surface area contributed by atoms with Crippen LogP contribution in [-0.2, 0) is 0 Å². The van der Waals surface area contributed by atoms with E-state index >= 15 is 0 Å². The number of aromatic nitrogens is 1. The van der Waals surface area contributed by atoms with E-state index in [0.717, 1.165) is 27.6 Å². The van der Waals surface area contributed by atoms with Crippen LogP contribution in [0, 0.1) is 13.8 Å². The van der Waals surface area contributed by atoms with Crippen molar-refractivity contribution in [2.45, 2.75) is 13.8 Å².